The molecule has 3 N–H and O–H groups in total. The average Bonchev–Trinajstić information content (AvgIpc) is 0.811. The van der Waals surface area contributed by atoms with Crippen molar-refractivity contribution in [2.24, 2.45) is 4.65 Å². The van der Waals surface area contributed by atoms with Crippen LogP contribution in [0.3, 0.4) is 0 Å². The molecule has 0 amide bonds. The Morgan fingerprint density at radius 2 is 2.00 bits per heavy atom. The molecular weight excluding hydrogens is 136 g/mol. The second-order valence-electron chi connectivity index (χ2n) is 0.380. The van der Waals surface area contributed by atoms with E-state index in [1.165, 1.54) is 0 Å². The molecule has 0 aromatic heterocycles. The van der Waals surface area contributed by atoms with Gasteiger partial charge >= 0.3 is 31.3 Å². The van der Waals surface area contributed by atoms with E-state index in [0.717, 1.165) is 0 Å². The monoisotopic (exact) mass is 141 g/mol. The van der Waals surface area contributed by atoms with Gasteiger partial charge in [-0.25, -0.2) is 0 Å². The minimum absolute atomic E-state index is 1.77. The van der Waals surface area contributed by atoms with Gasteiger partial charge in [0.25, 0.3) is 0 Å². The molecule has 0 heterocycles. The molecule has 0 fully saturated rings. The fourth-order valence-electron chi connectivity index (χ4n) is 0. The van der Waals surface area contributed by atoms with Crippen LogP contribution in [0.25, 0.3) is 0 Å². The summed E-state index contributed by atoms with van der Waals surface area (Å²) in [6.45, 7) is 0. The van der Waals surface area contributed by atoms with Crippen LogP contribution in [0.4, 0.5) is 0 Å². The summed E-state index contributed by atoms with van der Waals surface area (Å²) < 4.78 is 12.7. The van der Waals surface area contributed by atoms with E-state index in [2.05, 4.69) is 7.80 Å². The van der Waals surface area contributed by atoms with Crippen LogP contribution >= 0.6 is 7.80 Å². The van der Waals surface area contributed by atoms with Gasteiger partial charge in [0.05, 0.1) is 0 Å². The number of hydrogen-bond donors (Lipinski definition) is 2. The molecule has 0 saturated heterocycles. The van der Waals surface area contributed by atoms with Crippen molar-refractivity contribution in [3.8, 4) is 0 Å². The fourth-order valence-corrected chi connectivity index (χ4v) is 0. The Balaban J connectivity index is 2.32. The van der Waals surface area contributed by atoms with Crippen LogP contribution in [0, 0.1) is 0 Å². The van der Waals surface area contributed by atoms with Crippen LogP contribution in [0.2, 0.25) is 0 Å². The molecule has 2 nitrogen and oxygen atoms in total. The zero-order valence-electron chi connectivity index (χ0n) is 2.05. The van der Waals surface area contributed by atoms with Crippen LogP contribution in [-0.4, -0.2) is 18.9 Å². The van der Waals surface area contributed by atoms with Gasteiger partial charge in [-0.1, -0.05) is 0 Å². The Hall–Kier alpha value is 0.908. The molecule has 26 valence electrons. The Morgan fingerprint density at radius 1 is 2.00 bits per heavy atom. The normalized spacial score (nSPS) is 15.8. The predicted molar refractivity (Wildman–Crippen MR) is 21.9 cm³/mol. The SMILES string of the molecule is N[As](O)P. The third-order valence-corrected chi connectivity index (χ3v) is 0. The molecule has 2 unspecified atom stereocenters. The van der Waals surface area contributed by atoms with Gasteiger partial charge in [0.15, 0.2) is 0 Å². The predicted octanol–water partition coefficient (Wildman–Crippen LogP) is -1.20. The van der Waals surface area contributed by atoms with E-state index in [1.54, 1.807) is 0 Å². The average molecular weight is 141 g/mol. The molecule has 4 heteroatoms. The standard InChI is InChI=1S/AsH5NOP/c2-1(3)4/h3H,2,4H2. The van der Waals surface area contributed by atoms with Crippen molar-refractivity contribution in [1.29, 1.82) is 0 Å². The Kier molecular flexibility index (Phi) is 2.66. The van der Waals surface area contributed by atoms with Gasteiger partial charge in [0, 0.05) is 0 Å². The minimum atomic E-state index is -1.77. The third kappa shape index (κ3) is 12.8. The Morgan fingerprint density at radius 3 is 2.00 bits per heavy atom. The zero-order valence-corrected chi connectivity index (χ0v) is 5.08. The van der Waals surface area contributed by atoms with E-state index in [9.17, 15) is 0 Å². The van der Waals surface area contributed by atoms with E-state index in [1.807, 2.05) is 0 Å². The molecule has 0 spiro atoms. The van der Waals surface area contributed by atoms with Crippen molar-refractivity contribution < 1.29 is 4.10 Å². The zero-order chi connectivity index (χ0) is 3.58. The molecule has 0 rings (SSSR count). The van der Waals surface area contributed by atoms with Crippen LogP contribution in [0.1, 0.15) is 0 Å². The first kappa shape index (κ1) is 4.91. The molecule has 0 aliphatic heterocycles. The summed E-state index contributed by atoms with van der Waals surface area (Å²) in [7, 11) is 2.14. The van der Waals surface area contributed by atoms with E-state index < -0.39 is 14.8 Å². The summed E-state index contributed by atoms with van der Waals surface area (Å²) >= 11 is -1.77. The quantitative estimate of drug-likeness (QED) is 0.328. The van der Waals surface area contributed by atoms with Crippen molar-refractivity contribution >= 4 is 22.6 Å². The fraction of sp³-hybridized carbons (Fsp3) is 0. The Bertz CT molecular complexity index is 12.8. The van der Waals surface area contributed by atoms with Gasteiger partial charge in [-0.2, -0.15) is 0 Å². The summed E-state index contributed by atoms with van der Waals surface area (Å²) in [5, 5.41) is 0. The molecular formula is H5AsNOP. The molecule has 0 bridgehead atoms. The first-order valence-electron chi connectivity index (χ1n) is 0.716. The first-order chi connectivity index (χ1) is 1.73. The summed E-state index contributed by atoms with van der Waals surface area (Å²) in [6.07, 6.45) is 0. The topological polar surface area (TPSA) is 46.2 Å². The van der Waals surface area contributed by atoms with Gasteiger partial charge in [0.1, 0.15) is 0 Å². The van der Waals surface area contributed by atoms with Crippen LogP contribution in [-0.2, 0) is 0 Å². The van der Waals surface area contributed by atoms with Crippen LogP contribution < -0.4 is 4.65 Å². The Labute approximate surface area is 32.0 Å². The van der Waals surface area contributed by atoms with E-state index >= 15 is 0 Å². The van der Waals surface area contributed by atoms with Gasteiger partial charge in [-0.15, -0.1) is 0 Å². The maximum atomic E-state index is 7.94. The molecule has 2 atom stereocenters. The molecule has 0 aliphatic carbocycles. The van der Waals surface area contributed by atoms with Gasteiger partial charge < -0.3 is 0 Å². The first-order valence-corrected chi connectivity index (χ1v) is 6.41. The van der Waals surface area contributed by atoms with Crippen LogP contribution in [0.5, 0.6) is 0 Å². The third-order valence-electron chi connectivity index (χ3n) is 0. The van der Waals surface area contributed by atoms with Crippen LogP contribution in [0.15, 0.2) is 0 Å². The van der Waals surface area contributed by atoms with E-state index in [-0.39, 0.29) is 0 Å². The molecule has 0 saturated carbocycles. The van der Waals surface area contributed by atoms with Crippen molar-refractivity contribution in [3.05, 3.63) is 0 Å². The molecule has 0 aliphatic rings. The number of nitrogens with two attached hydrogens (primary N) is 1. The van der Waals surface area contributed by atoms with Crippen molar-refractivity contribution in [2.45, 2.75) is 0 Å². The summed E-state index contributed by atoms with van der Waals surface area (Å²) in [4.78, 5) is 0. The van der Waals surface area contributed by atoms with Crippen molar-refractivity contribution in [2.75, 3.05) is 0 Å². The van der Waals surface area contributed by atoms with Gasteiger partial charge in [-0.3, -0.25) is 0 Å². The van der Waals surface area contributed by atoms with E-state index in [4.69, 9.17) is 8.75 Å². The van der Waals surface area contributed by atoms with E-state index in [0.29, 0.717) is 0 Å². The van der Waals surface area contributed by atoms with Gasteiger partial charge in [0.2, 0.25) is 0 Å². The number of hydrogen-bond acceptors (Lipinski definition) is 2. The maximum absolute atomic E-state index is 7.94. The van der Waals surface area contributed by atoms with Gasteiger partial charge in [-0.05, 0) is 0 Å². The second kappa shape index (κ2) is 2.16. The molecule has 0 aromatic carbocycles. The molecule has 4 heavy (non-hydrogen) atoms. The second-order valence-corrected chi connectivity index (χ2v) is 4.72. The van der Waals surface area contributed by atoms with Crippen molar-refractivity contribution in [1.82, 2.24) is 0 Å². The summed E-state index contributed by atoms with van der Waals surface area (Å²) in [6, 6.07) is 0. The molecule has 0 aromatic rings. The number of rotatable bonds is 0. The summed E-state index contributed by atoms with van der Waals surface area (Å²) in [5.74, 6) is 0. The summed E-state index contributed by atoms with van der Waals surface area (Å²) in [5.41, 5.74) is 0. The molecule has 0 radical (unpaired) electrons. The van der Waals surface area contributed by atoms with Crippen molar-refractivity contribution in [3.63, 3.8) is 0 Å².